The van der Waals surface area contributed by atoms with Crippen LogP contribution in [0, 0.1) is 11.6 Å². The van der Waals surface area contributed by atoms with Crippen molar-refractivity contribution in [3.8, 4) is 0 Å². The summed E-state index contributed by atoms with van der Waals surface area (Å²) in [6.45, 7) is 0.154. The van der Waals surface area contributed by atoms with Gasteiger partial charge in [-0.05, 0) is 22.0 Å². The fourth-order valence-electron chi connectivity index (χ4n) is 1.59. The molecule has 0 saturated carbocycles. The number of halogens is 3. The first-order valence-corrected chi connectivity index (χ1v) is 6.58. The number of benzene rings is 1. The van der Waals surface area contributed by atoms with E-state index in [4.69, 9.17) is 10.6 Å². The Morgan fingerprint density at radius 2 is 1.90 bits per heavy atom. The number of methoxy groups -OCH3 is 1. The fourth-order valence-corrected chi connectivity index (χ4v) is 1.90. The highest BCUT2D eigenvalue weighted by molar-refractivity contribution is 9.10. The maximum absolute atomic E-state index is 13.8. The van der Waals surface area contributed by atoms with Crippen LogP contribution in [0.25, 0.3) is 0 Å². The zero-order valence-corrected chi connectivity index (χ0v) is 12.5. The molecule has 1 aromatic heterocycles. The highest BCUT2D eigenvalue weighted by atomic mass is 79.9. The molecule has 0 unspecified atom stereocenters. The predicted octanol–water partition coefficient (Wildman–Crippen LogP) is 2.69. The Morgan fingerprint density at radius 3 is 2.57 bits per heavy atom. The van der Waals surface area contributed by atoms with E-state index in [0.29, 0.717) is 11.6 Å². The maximum atomic E-state index is 13.8. The molecule has 2 aromatic rings. The van der Waals surface area contributed by atoms with Gasteiger partial charge in [0.1, 0.15) is 29.9 Å². The summed E-state index contributed by atoms with van der Waals surface area (Å²) in [4.78, 5) is 8.17. The van der Waals surface area contributed by atoms with Crippen molar-refractivity contribution < 1.29 is 13.5 Å². The molecule has 6 nitrogen and oxygen atoms in total. The van der Waals surface area contributed by atoms with Crippen molar-refractivity contribution in [2.24, 2.45) is 5.84 Å². The predicted molar refractivity (Wildman–Crippen MR) is 77.9 cm³/mol. The molecule has 1 aromatic carbocycles. The summed E-state index contributed by atoms with van der Waals surface area (Å²) in [6.07, 6.45) is 0. The molecule has 0 fully saturated rings. The van der Waals surface area contributed by atoms with Gasteiger partial charge >= 0.3 is 0 Å². The van der Waals surface area contributed by atoms with E-state index >= 15 is 0 Å². The molecule has 1 heterocycles. The van der Waals surface area contributed by atoms with Gasteiger partial charge in [0.05, 0.1) is 10.2 Å². The molecule has 0 aliphatic heterocycles. The monoisotopic (exact) mass is 359 g/mol. The smallest absolute Gasteiger partial charge is 0.158 e. The number of rotatable bonds is 5. The number of hydrogen-bond donors (Lipinski definition) is 3. The van der Waals surface area contributed by atoms with Crippen LogP contribution in [0.15, 0.2) is 22.7 Å². The number of anilines is 3. The van der Waals surface area contributed by atoms with E-state index in [2.05, 4.69) is 36.6 Å². The van der Waals surface area contributed by atoms with E-state index in [1.54, 1.807) is 0 Å². The van der Waals surface area contributed by atoms with Gasteiger partial charge in [-0.2, -0.15) is 0 Å². The van der Waals surface area contributed by atoms with Crippen molar-refractivity contribution in [3.05, 3.63) is 40.1 Å². The van der Waals surface area contributed by atoms with Crippen molar-refractivity contribution in [1.29, 1.82) is 0 Å². The number of nitrogens with two attached hydrogens (primary N) is 1. The lowest BCUT2D eigenvalue weighted by Crippen LogP contribution is -2.12. The molecule has 0 aliphatic carbocycles. The maximum Gasteiger partial charge on any atom is 0.158 e. The van der Waals surface area contributed by atoms with Gasteiger partial charge in [0.15, 0.2) is 5.82 Å². The number of aromatic nitrogens is 2. The summed E-state index contributed by atoms with van der Waals surface area (Å²) >= 11 is 2.91. The summed E-state index contributed by atoms with van der Waals surface area (Å²) in [5.41, 5.74) is 2.31. The summed E-state index contributed by atoms with van der Waals surface area (Å²) in [7, 11) is 1.49. The second-order valence-corrected chi connectivity index (χ2v) is 4.86. The van der Waals surface area contributed by atoms with Crippen LogP contribution in [0.3, 0.4) is 0 Å². The second kappa shape index (κ2) is 6.74. The summed E-state index contributed by atoms with van der Waals surface area (Å²) in [5, 5.41) is 2.68. The van der Waals surface area contributed by atoms with E-state index in [-0.39, 0.29) is 22.6 Å². The molecule has 0 aliphatic rings. The molecule has 0 radical (unpaired) electrons. The molecule has 9 heteroatoms. The van der Waals surface area contributed by atoms with E-state index in [1.807, 2.05) is 0 Å². The SMILES string of the molecule is COCc1nc(NN)cc(Nc2cc(F)c(Br)cc2F)n1. The first kappa shape index (κ1) is 15.5. The fraction of sp³-hybridized carbons (Fsp3) is 0.167. The average Bonchev–Trinajstić information content (AvgIpc) is 2.45. The number of nitrogens with one attached hydrogen (secondary N) is 2. The van der Waals surface area contributed by atoms with Crippen LogP contribution in [-0.2, 0) is 11.3 Å². The second-order valence-electron chi connectivity index (χ2n) is 4.00. The van der Waals surface area contributed by atoms with Gasteiger partial charge in [0, 0.05) is 19.2 Å². The Bertz CT molecular complexity index is 656. The lowest BCUT2D eigenvalue weighted by atomic mass is 10.3. The molecule has 112 valence electrons. The van der Waals surface area contributed by atoms with Crippen molar-refractivity contribution in [3.63, 3.8) is 0 Å². The number of hydrogen-bond acceptors (Lipinski definition) is 6. The molecule has 0 atom stereocenters. The van der Waals surface area contributed by atoms with Crippen LogP contribution in [0.2, 0.25) is 0 Å². The van der Waals surface area contributed by atoms with Crippen LogP contribution in [0.5, 0.6) is 0 Å². The summed E-state index contributed by atoms with van der Waals surface area (Å²) in [6, 6.07) is 3.50. The molecular weight excluding hydrogens is 348 g/mol. The Morgan fingerprint density at radius 1 is 1.19 bits per heavy atom. The van der Waals surface area contributed by atoms with Crippen LogP contribution in [0.1, 0.15) is 5.82 Å². The molecule has 0 bridgehead atoms. The molecule has 21 heavy (non-hydrogen) atoms. The normalized spacial score (nSPS) is 10.5. The third-order valence-corrected chi connectivity index (χ3v) is 3.07. The lowest BCUT2D eigenvalue weighted by molar-refractivity contribution is 0.178. The van der Waals surface area contributed by atoms with Crippen LogP contribution < -0.4 is 16.6 Å². The molecule has 2 rings (SSSR count). The van der Waals surface area contributed by atoms with Gasteiger partial charge < -0.3 is 15.5 Å². The number of hydrazine groups is 1. The van der Waals surface area contributed by atoms with Gasteiger partial charge in [-0.1, -0.05) is 0 Å². The Hall–Kier alpha value is -1.84. The molecule has 0 amide bonds. The number of nitrogens with zero attached hydrogens (tertiary/aromatic N) is 2. The third-order valence-electron chi connectivity index (χ3n) is 2.47. The highest BCUT2D eigenvalue weighted by Gasteiger charge is 2.10. The Labute approximate surface area is 127 Å². The zero-order valence-electron chi connectivity index (χ0n) is 11.0. The highest BCUT2D eigenvalue weighted by Crippen LogP contribution is 2.26. The van der Waals surface area contributed by atoms with Crippen molar-refractivity contribution >= 4 is 33.3 Å². The third kappa shape index (κ3) is 3.84. The Balaban J connectivity index is 2.34. The zero-order chi connectivity index (χ0) is 15.4. The van der Waals surface area contributed by atoms with Crippen molar-refractivity contribution in [2.75, 3.05) is 17.9 Å². The van der Waals surface area contributed by atoms with E-state index in [0.717, 1.165) is 12.1 Å². The molecule has 4 N–H and O–H groups in total. The number of ether oxygens (including phenoxy) is 1. The van der Waals surface area contributed by atoms with Crippen LogP contribution >= 0.6 is 15.9 Å². The van der Waals surface area contributed by atoms with Gasteiger partial charge in [0.2, 0.25) is 0 Å². The largest absolute Gasteiger partial charge is 0.377 e. The van der Waals surface area contributed by atoms with E-state index in [9.17, 15) is 8.78 Å². The minimum Gasteiger partial charge on any atom is -0.377 e. The van der Waals surface area contributed by atoms with Crippen LogP contribution in [-0.4, -0.2) is 17.1 Å². The summed E-state index contributed by atoms with van der Waals surface area (Å²) in [5.74, 6) is 4.99. The minimum atomic E-state index is -0.627. The minimum absolute atomic E-state index is 0.0395. The molecule has 0 saturated heterocycles. The van der Waals surface area contributed by atoms with Crippen molar-refractivity contribution in [1.82, 2.24) is 9.97 Å². The Kier molecular flexibility index (Phi) is 4.99. The van der Waals surface area contributed by atoms with Crippen LogP contribution in [0.4, 0.5) is 26.1 Å². The number of nitrogen functional groups attached to an aromatic ring is 1. The van der Waals surface area contributed by atoms with Gasteiger partial charge in [-0.3, -0.25) is 0 Å². The van der Waals surface area contributed by atoms with E-state index < -0.39 is 11.6 Å². The summed E-state index contributed by atoms with van der Waals surface area (Å²) < 4.78 is 32.2. The van der Waals surface area contributed by atoms with Crippen molar-refractivity contribution in [2.45, 2.75) is 6.61 Å². The first-order chi connectivity index (χ1) is 10.0. The topological polar surface area (TPSA) is 85.1 Å². The molecule has 0 spiro atoms. The quantitative estimate of drug-likeness (QED) is 0.432. The average molecular weight is 360 g/mol. The van der Waals surface area contributed by atoms with E-state index in [1.165, 1.54) is 13.2 Å². The van der Waals surface area contributed by atoms with Gasteiger partial charge in [0.25, 0.3) is 0 Å². The van der Waals surface area contributed by atoms with Gasteiger partial charge in [-0.15, -0.1) is 0 Å². The molecular formula is C12H12BrF2N5O. The lowest BCUT2D eigenvalue weighted by Gasteiger charge is -2.10. The van der Waals surface area contributed by atoms with Gasteiger partial charge in [-0.25, -0.2) is 24.6 Å². The standard InChI is InChI=1S/C12H12BrF2N5O/c1-21-5-12-18-10(4-11(19-12)20-16)17-9-3-7(14)6(13)2-8(9)15/h2-4H,5,16H2,1H3,(H2,17,18,19,20). The first-order valence-electron chi connectivity index (χ1n) is 5.78.